The number of rotatable bonds is 5. The van der Waals surface area contributed by atoms with Crippen LogP contribution < -0.4 is 15.1 Å². The summed E-state index contributed by atoms with van der Waals surface area (Å²) >= 11 is 1.77. The molecule has 0 unspecified atom stereocenters. The number of imide groups is 1. The second-order valence-electron chi connectivity index (χ2n) is 9.39. The van der Waals surface area contributed by atoms with Gasteiger partial charge in [0, 0.05) is 28.9 Å². The standard InChI is InChI=1S/C28H19F3N4O4S2/c29-28(30,31)17-10-4-5-11-18(17)35-24(37)21-20(15-7-6-12-32-13-15)23-26(40-22(21)25(35)38)34(27(39)41-23)14-19(36)33-16-8-2-1-3-9-16/h1-13,20-22H,14H2,(H,33,36)/t20-,21-,22+/m0/s1. The van der Waals surface area contributed by atoms with Crippen LogP contribution in [0.2, 0.25) is 0 Å². The summed E-state index contributed by atoms with van der Waals surface area (Å²) in [5.41, 5.74) is -0.588. The minimum atomic E-state index is -4.80. The molecule has 4 heterocycles. The summed E-state index contributed by atoms with van der Waals surface area (Å²) in [5, 5.41) is 1.92. The van der Waals surface area contributed by atoms with Gasteiger partial charge < -0.3 is 5.32 Å². The number of aromatic nitrogens is 2. The average molecular weight is 597 g/mol. The lowest BCUT2D eigenvalue weighted by Gasteiger charge is -2.30. The lowest BCUT2D eigenvalue weighted by atomic mass is 9.84. The third kappa shape index (κ3) is 4.74. The van der Waals surface area contributed by atoms with Gasteiger partial charge in [0.1, 0.15) is 11.8 Å². The zero-order valence-electron chi connectivity index (χ0n) is 20.9. The molecule has 3 atom stereocenters. The number of amides is 3. The summed E-state index contributed by atoms with van der Waals surface area (Å²) < 4.78 is 42.9. The molecule has 0 saturated carbocycles. The summed E-state index contributed by atoms with van der Waals surface area (Å²) in [4.78, 5) is 58.3. The fourth-order valence-electron chi connectivity index (χ4n) is 5.19. The van der Waals surface area contributed by atoms with Crippen LogP contribution in [0.15, 0.2) is 88.9 Å². The molecule has 41 heavy (non-hydrogen) atoms. The van der Waals surface area contributed by atoms with Crippen LogP contribution in [-0.4, -0.2) is 32.5 Å². The third-order valence-corrected chi connectivity index (χ3v) is 9.51. The maximum absolute atomic E-state index is 13.9. The molecule has 6 rings (SSSR count). The number of anilines is 2. The number of pyridine rings is 1. The Labute approximate surface area is 238 Å². The van der Waals surface area contributed by atoms with Crippen LogP contribution >= 0.6 is 23.1 Å². The minimum Gasteiger partial charge on any atom is -0.325 e. The predicted molar refractivity (Wildman–Crippen MR) is 147 cm³/mol. The average Bonchev–Trinajstić information content (AvgIpc) is 3.39. The first-order valence-corrected chi connectivity index (χ1v) is 14.0. The number of fused-ring (bicyclic) bond motifs is 2. The van der Waals surface area contributed by atoms with E-state index in [0.29, 0.717) is 26.1 Å². The van der Waals surface area contributed by atoms with E-state index in [1.165, 1.54) is 29.1 Å². The Morgan fingerprint density at radius 1 is 0.951 bits per heavy atom. The van der Waals surface area contributed by atoms with E-state index in [2.05, 4.69) is 10.3 Å². The summed E-state index contributed by atoms with van der Waals surface area (Å²) in [6.07, 6.45) is -1.78. The fraction of sp³-hybridized carbons (Fsp3) is 0.179. The van der Waals surface area contributed by atoms with Crippen LogP contribution in [0.25, 0.3) is 0 Å². The first-order chi connectivity index (χ1) is 19.6. The van der Waals surface area contributed by atoms with Crippen LogP contribution in [-0.2, 0) is 27.1 Å². The van der Waals surface area contributed by atoms with Crippen molar-refractivity contribution in [3.05, 3.63) is 105 Å². The molecule has 1 N–H and O–H groups in total. The molecule has 1 saturated heterocycles. The van der Waals surface area contributed by atoms with Crippen LogP contribution in [0.3, 0.4) is 0 Å². The molecule has 0 aliphatic carbocycles. The Kier molecular flexibility index (Phi) is 6.78. The second-order valence-corrected chi connectivity index (χ2v) is 11.5. The van der Waals surface area contributed by atoms with Gasteiger partial charge in [0.2, 0.25) is 17.7 Å². The number of hydrogen-bond donors (Lipinski definition) is 1. The highest BCUT2D eigenvalue weighted by Gasteiger charge is 2.57. The Balaban J connectivity index is 1.43. The number of alkyl halides is 3. The topological polar surface area (TPSA) is 101 Å². The fourth-order valence-corrected chi connectivity index (χ4v) is 7.96. The van der Waals surface area contributed by atoms with Crippen molar-refractivity contribution in [1.29, 1.82) is 0 Å². The first kappa shape index (κ1) is 27.0. The third-order valence-electron chi connectivity index (χ3n) is 6.90. The maximum atomic E-state index is 13.9. The van der Waals surface area contributed by atoms with E-state index in [1.807, 2.05) is 0 Å². The summed E-state index contributed by atoms with van der Waals surface area (Å²) in [6, 6.07) is 16.4. The van der Waals surface area contributed by atoms with Gasteiger partial charge >= 0.3 is 11.0 Å². The van der Waals surface area contributed by atoms with Gasteiger partial charge in [-0.2, -0.15) is 13.2 Å². The largest absolute Gasteiger partial charge is 0.418 e. The Hall–Kier alpha value is -4.23. The molecule has 4 aromatic rings. The maximum Gasteiger partial charge on any atom is 0.418 e. The molecular formula is C28H19F3N4O4S2. The Morgan fingerprint density at radius 3 is 2.39 bits per heavy atom. The molecule has 208 valence electrons. The second kappa shape index (κ2) is 10.3. The molecule has 0 spiro atoms. The number of para-hydroxylation sites is 2. The highest BCUT2D eigenvalue weighted by Crippen LogP contribution is 2.54. The summed E-state index contributed by atoms with van der Waals surface area (Å²) in [6.45, 7) is -0.355. The summed E-state index contributed by atoms with van der Waals surface area (Å²) in [5.74, 6) is -4.01. The Bertz CT molecular complexity index is 1720. The number of benzene rings is 2. The van der Waals surface area contributed by atoms with E-state index < -0.39 is 57.1 Å². The van der Waals surface area contributed by atoms with Gasteiger partial charge in [0.15, 0.2) is 0 Å². The van der Waals surface area contributed by atoms with Crippen molar-refractivity contribution >= 4 is 52.2 Å². The number of carbonyl (C=O) groups excluding carboxylic acids is 3. The van der Waals surface area contributed by atoms with Crippen molar-refractivity contribution in [2.45, 2.75) is 28.9 Å². The van der Waals surface area contributed by atoms with E-state index in [-0.39, 0.29) is 6.54 Å². The molecular weight excluding hydrogens is 577 g/mol. The minimum absolute atomic E-state index is 0.324. The van der Waals surface area contributed by atoms with Gasteiger partial charge in [-0.1, -0.05) is 59.5 Å². The normalized spacial score (nSPS) is 20.1. The zero-order chi connectivity index (χ0) is 28.9. The molecule has 2 aromatic heterocycles. The lowest BCUT2D eigenvalue weighted by Crippen LogP contribution is -2.33. The highest BCUT2D eigenvalue weighted by molar-refractivity contribution is 8.00. The molecule has 13 heteroatoms. The molecule has 2 aromatic carbocycles. The van der Waals surface area contributed by atoms with Crippen LogP contribution in [0.5, 0.6) is 0 Å². The van der Waals surface area contributed by atoms with Crippen molar-refractivity contribution < 1.29 is 27.6 Å². The molecule has 2 aliphatic rings. The lowest BCUT2D eigenvalue weighted by molar-refractivity contribution is -0.137. The van der Waals surface area contributed by atoms with E-state index in [1.54, 1.807) is 42.5 Å². The SMILES string of the molecule is O=C(Cn1c2c(sc1=O)[C@@H](c1cccnc1)[C@@H]1C(=O)N(c3ccccc3C(F)(F)F)C(=O)[C@@H]1S2)Nc1ccccc1. The Morgan fingerprint density at radius 2 is 1.68 bits per heavy atom. The molecule has 3 amide bonds. The van der Waals surface area contributed by atoms with Gasteiger partial charge in [-0.15, -0.1) is 0 Å². The number of thioether (sulfide) groups is 1. The first-order valence-electron chi connectivity index (χ1n) is 12.3. The molecule has 2 aliphatic heterocycles. The van der Waals surface area contributed by atoms with E-state index >= 15 is 0 Å². The van der Waals surface area contributed by atoms with Crippen molar-refractivity contribution in [3.8, 4) is 0 Å². The number of thiazole rings is 1. The number of nitrogens with zero attached hydrogens (tertiary/aromatic N) is 3. The van der Waals surface area contributed by atoms with Crippen molar-refractivity contribution in [3.63, 3.8) is 0 Å². The highest BCUT2D eigenvalue weighted by atomic mass is 32.2. The van der Waals surface area contributed by atoms with Crippen molar-refractivity contribution in [2.75, 3.05) is 10.2 Å². The smallest absolute Gasteiger partial charge is 0.325 e. The predicted octanol–water partition coefficient (Wildman–Crippen LogP) is 4.76. The zero-order valence-corrected chi connectivity index (χ0v) is 22.5. The summed E-state index contributed by atoms with van der Waals surface area (Å²) in [7, 11) is 0. The van der Waals surface area contributed by atoms with Crippen LogP contribution in [0, 0.1) is 5.92 Å². The molecule has 8 nitrogen and oxygen atoms in total. The van der Waals surface area contributed by atoms with Crippen molar-refractivity contribution in [1.82, 2.24) is 9.55 Å². The number of hydrogen-bond acceptors (Lipinski definition) is 7. The van der Waals surface area contributed by atoms with Crippen LogP contribution in [0.4, 0.5) is 24.5 Å². The van der Waals surface area contributed by atoms with Crippen molar-refractivity contribution in [2.24, 2.45) is 5.92 Å². The van der Waals surface area contributed by atoms with E-state index in [4.69, 9.17) is 0 Å². The van der Waals surface area contributed by atoms with Gasteiger partial charge in [-0.3, -0.25) is 28.7 Å². The quantitative estimate of drug-likeness (QED) is 0.334. The van der Waals surface area contributed by atoms with Gasteiger partial charge in [-0.05, 0) is 35.9 Å². The molecule has 0 bridgehead atoms. The number of nitrogens with one attached hydrogen (secondary N) is 1. The molecule has 0 radical (unpaired) electrons. The van der Waals surface area contributed by atoms with E-state index in [0.717, 1.165) is 35.2 Å². The molecule has 1 fully saturated rings. The van der Waals surface area contributed by atoms with Crippen LogP contribution in [0.1, 0.15) is 21.9 Å². The van der Waals surface area contributed by atoms with Gasteiger partial charge in [0.25, 0.3) is 0 Å². The van der Waals surface area contributed by atoms with Gasteiger partial charge in [0.05, 0.1) is 22.2 Å². The monoisotopic (exact) mass is 596 g/mol. The number of halogens is 3. The van der Waals surface area contributed by atoms with E-state index in [9.17, 15) is 32.3 Å². The number of carbonyl (C=O) groups is 3. The van der Waals surface area contributed by atoms with Gasteiger partial charge in [-0.25, -0.2) is 4.90 Å².